The number of likely N-dealkylation sites (tertiary alicyclic amines) is 1. The Bertz CT molecular complexity index is 582. The minimum absolute atomic E-state index is 0.108. The number of hydrogen-bond donors (Lipinski definition) is 1. The average molecular weight is 283 g/mol. The smallest absolute Gasteiger partial charge is 0.323 e. The molecule has 21 heavy (non-hydrogen) atoms. The van der Waals surface area contributed by atoms with Crippen molar-refractivity contribution in [2.24, 2.45) is 0 Å². The van der Waals surface area contributed by atoms with Gasteiger partial charge in [0.25, 0.3) is 0 Å². The molecule has 0 aliphatic carbocycles. The maximum absolute atomic E-state index is 12.1. The summed E-state index contributed by atoms with van der Waals surface area (Å²) in [6.07, 6.45) is 7.16. The van der Waals surface area contributed by atoms with Crippen molar-refractivity contribution >= 4 is 11.8 Å². The first-order valence-electron chi connectivity index (χ1n) is 7.06. The van der Waals surface area contributed by atoms with Gasteiger partial charge in [0.05, 0.1) is 0 Å². The number of rotatable bonds is 2. The Morgan fingerprint density at radius 3 is 2.57 bits per heavy atom. The lowest BCUT2D eigenvalue weighted by molar-refractivity contribution is 0.194. The van der Waals surface area contributed by atoms with Crippen LogP contribution in [-0.2, 0) is 0 Å². The number of carbonyl (C=O) groups is 1. The summed E-state index contributed by atoms with van der Waals surface area (Å²) in [7, 11) is 0. The molecular weight excluding hydrogens is 266 g/mol. The number of pyridine rings is 1. The first-order chi connectivity index (χ1) is 10.3. The molecule has 0 unspecified atom stereocenters. The molecule has 0 radical (unpaired) electrons. The summed E-state index contributed by atoms with van der Waals surface area (Å²) >= 11 is 0. The molecule has 2 aromatic rings. The van der Waals surface area contributed by atoms with E-state index in [0.29, 0.717) is 11.7 Å². The SMILES string of the molecule is O=C(Nc1cccnn1)N1CCC(c2ccncc2)CC1. The van der Waals surface area contributed by atoms with E-state index in [1.54, 1.807) is 18.3 Å². The van der Waals surface area contributed by atoms with Crippen molar-refractivity contribution in [3.63, 3.8) is 0 Å². The van der Waals surface area contributed by atoms with Crippen LogP contribution in [0.5, 0.6) is 0 Å². The van der Waals surface area contributed by atoms with Crippen molar-refractivity contribution in [2.75, 3.05) is 18.4 Å². The van der Waals surface area contributed by atoms with Crippen molar-refractivity contribution in [1.82, 2.24) is 20.1 Å². The van der Waals surface area contributed by atoms with Crippen LogP contribution in [0.3, 0.4) is 0 Å². The van der Waals surface area contributed by atoms with E-state index in [1.807, 2.05) is 17.3 Å². The molecular formula is C15H17N5O. The van der Waals surface area contributed by atoms with Crippen LogP contribution in [0, 0.1) is 0 Å². The van der Waals surface area contributed by atoms with E-state index < -0.39 is 0 Å². The Morgan fingerprint density at radius 2 is 1.90 bits per heavy atom. The number of anilines is 1. The Kier molecular flexibility index (Phi) is 4.04. The summed E-state index contributed by atoms with van der Waals surface area (Å²) in [6, 6.07) is 7.48. The second kappa shape index (κ2) is 6.30. The van der Waals surface area contributed by atoms with E-state index in [4.69, 9.17) is 0 Å². The minimum Gasteiger partial charge on any atom is -0.324 e. The van der Waals surface area contributed by atoms with Gasteiger partial charge in [-0.1, -0.05) is 0 Å². The fourth-order valence-corrected chi connectivity index (χ4v) is 2.61. The zero-order chi connectivity index (χ0) is 14.5. The van der Waals surface area contributed by atoms with Crippen LogP contribution in [-0.4, -0.2) is 39.2 Å². The van der Waals surface area contributed by atoms with E-state index in [1.165, 1.54) is 5.56 Å². The number of urea groups is 1. The van der Waals surface area contributed by atoms with Crippen molar-refractivity contribution in [1.29, 1.82) is 0 Å². The predicted octanol–water partition coefficient (Wildman–Crippen LogP) is 2.28. The summed E-state index contributed by atoms with van der Waals surface area (Å²) in [4.78, 5) is 18.0. The van der Waals surface area contributed by atoms with E-state index in [-0.39, 0.29) is 6.03 Å². The standard InChI is InChI=1S/C15H17N5O/c21-15(18-14-2-1-7-17-19-14)20-10-5-13(6-11-20)12-3-8-16-9-4-12/h1-4,7-9,13H,5-6,10-11H2,(H,18,19,21). The number of piperidine rings is 1. The van der Waals surface area contributed by atoms with Gasteiger partial charge >= 0.3 is 6.03 Å². The van der Waals surface area contributed by atoms with Crippen LogP contribution in [0.15, 0.2) is 42.9 Å². The fourth-order valence-electron chi connectivity index (χ4n) is 2.61. The van der Waals surface area contributed by atoms with Gasteiger partial charge in [-0.15, -0.1) is 5.10 Å². The molecule has 6 heteroatoms. The third-order valence-electron chi connectivity index (χ3n) is 3.77. The first-order valence-corrected chi connectivity index (χ1v) is 7.06. The lowest BCUT2D eigenvalue weighted by Gasteiger charge is -2.32. The monoisotopic (exact) mass is 283 g/mol. The molecule has 0 spiro atoms. The quantitative estimate of drug-likeness (QED) is 0.918. The number of nitrogens with one attached hydrogen (secondary N) is 1. The number of carbonyl (C=O) groups excluding carboxylic acids is 1. The third-order valence-corrected chi connectivity index (χ3v) is 3.77. The molecule has 108 valence electrons. The van der Waals surface area contributed by atoms with Gasteiger partial charge < -0.3 is 4.90 Å². The zero-order valence-corrected chi connectivity index (χ0v) is 11.6. The summed E-state index contributed by atoms with van der Waals surface area (Å²) in [6.45, 7) is 1.50. The lowest BCUT2D eigenvalue weighted by atomic mass is 9.90. The van der Waals surface area contributed by atoms with Gasteiger partial charge in [-0.2, -0.15) is 5.10 Å². The van der Waals surface area contributed by atoms with E-state index in [9.17, 15) is 4.79 Å². The molecule has 2 amide bonds. The maximum Gasteiger partial charge on any atom is 0.323 e. The normalized spacial score (nSPS) is 15.7. The van der Waals surface area contributed by atoms with Crippen LogP contribution in [0.2, 0.25) is 0 Å². The summed E-state index contributed by atoms with van der Waals surface area (Å²) < 4.78 is 0. The Balaban J connectivity index is 1.55. The predicted molar refractivity (Wildman–Crippen MR) is 78.8 cm³/mol. The molecule has 3 heterocycles. The third kappa shape index (κ3) is 3.34. The summed E-state index contributed by atoms with van der Waals surface area (Å²) in [5, 5.41) is 10.4. The molecule has 1 fully saturated rings. The van der Waals surface area contributed by atoms with Crippen molar-refractivity contribution in [2.45, 2.75) is 18.8 Å². The van der Waals surface area contributed by atoms with Crippen molar-refractivity contribution in [3.05, 3.63) is 48.4 Å². The zero-order valence-electron chi connectivity index (χ0n) is 11.6. The number of amides is 2. The molecule has 6 nitrogen and oxygen atoms in total. The fraction of sp³-hybridized carbons (Fsp3) is 0.333. The highest BCUT2D eigenvalue weighted by atomic mass is 16.2. The van der Waals surface area contributed by atoms with Gasteiger partial charge in [0.15, 0.2) is 5.82 Å². The molecule has 1 N–H and O–H groups in total. The second-order valence-electron chi connectivity index (χ2n) is 5.08. The summed E-state index contributed by atoms with van der Waals surface area (Å²) in [5.41, 5.74) is 1.30. The average Bonchev–Trinajstić information content (AvgIpc) is 2.57. The molecule has 1 aliphatic rings. The van der Waals surface area contributed by atoms with Gasteiger partial charge in [-0.25, -0.2) is 4.79 Å². The topological polar surface area (TPSA) is 71.0 Å². The molecule has 0 aromatic carbocycles. The van der Waals surface area contributed by atoms with Crippen LogP contribution < -0.4 is 5.32 Å². The highest BCUT2D eigenvalue weighted by molar-refractivity contribution is 5.88. The Hall–Kier alpha value is -2.50. The van der Waals surface area contributed by atoms with Gasteiger partial charge in [-0.3, -0.25) is 10.3 Å². The van der Waals surface area contributed by atoms with Crippen LogP contribution in [0.1, 0.15) is 24.3 Å². The minimum atomic E-state index is -0.108. The highest BCUT2D eigenvalue weighted by Gasteiger charge is 2.23. The maximum atomic E-state index is 12.1. The van der Waals surface area contributed by atoms with E-state index in [2.05, 4.69) is 32.6 Å². The molecule has 0 atom stereocenters. The molecule has 3 rings (SSSR count). The molecule has 2 aromatic heterocycles. The molecule has 0 saturated carbocycles. The van der Waals surface area contributed by atoms with E-state index in [0.717, 1.165) is 25.9 Å². The Morgan fingerprint density at radius 1 is 1.14 bits per heavy atom. The van der Waals surface area contributed by atoms with Gasteiger partial charge in [-0.05, 0) is 48.6 Å². The van der Waals surface area contributed by atoms with Crippen LogP contribution in [0.4, 0.5) is 10.6 Å². The number of hydrogen-bond acceptors (Lipinski definition) is 4. The lowest BCUT2D eigenvalue weighted by Crippen LogP contribution is -2.40. The van der Waals surface area contributed by atoms with E-state index >= 15 is 0 Å². The van der Waals surface area contributed by atoms with Crippen LogP contribution >= 0.6 is 0 Å². The molecule has 0 bridgehead atoms. The second-order valence-corrected chi connectivity index (χ2v) is 5.08. The van der Waals surface area contributed by atoms with Gasteiger partial charge in [0, 0.05) is 31.7 Å². The van der Waals surface area contributed by atoms with Gasteiger partial charge in [0.1, 0.15) is 0 Å². The summed E-state index contributed by atoms with van der Waals surface area (Å²) in [5.74, 6) is 0.993. The Labute approximate surface area is 123 Å². The molecule has 1 saturated heterocycles. The van der Waals surface area contributed by atoms with Crippen molar-refractivity contribution in [3.8, 4) is 0 Å². The number of aromatic nitrogens is 3. The number of nitrogens with zero attached hydrogens (tertiary/aromatic N) is 4. The van der Waals surface area contributed by atoms with Gasteiger partial charge in [0.2, 0.25) is 0 Å². The largest absolute Gasteiger partial charge is 0.324 e. The van der Waals surface area contributed by atoms with Crippen LogP contribution in [0.25, 0.3) is 0 Å². The first kappa shape index (κ1) is 13.5. The molecule has 1 aliphatic heterocycles. The highest BCUT2D eigenvalue weighted by Crippen LogP contribution is 2.27. The van der Waals surface area contributed by atoms with Crippen molar-refractivity contribution < 1.29 is 4.79 Å².